The first kappa shape index (κ1) is 13.8. The Morgan fingerprint density at radius 1 is 1.47 bits per heavy atom. The summed E-state index contributed by atoms with van der Waals surface area (Å²) in [6.45, 7) is 3.79. The van der Waals surface area contributed by atoms with Crippen LogP contribution in [0.1, 0.15) is 25.3 Å². The molecule has 0 saturated carbocycles. The third-order valence-corrected chi connectivity index (χ3v) is 3.60. The third-order valence-electron chi connectivity index (χ3n) is 3.38. The lowest BCUT2D eigenvalue weighted by molar-refractivity contribution is 0.182. The van der Waals surface area contributed by atoms with Gasteiger partial charge in [0.2, 0.25) is 0 Å². The quantitative estimate of drug-likeness (QED) is 0.817. The highest BCUT2D eigenvalue weighted by Gasteiger charge is 2.21. The van der Waals surface area contributed by atoms with Crippen molar-refractivity contribution in [3.05, 3.63) is 29.8 Å². The molecule has 1 heterocycles. The number of nitrogens with two attached hydrogens (primary N) is 1. The van der Waals surface area contributed by atoms with Gasteiger partial charge in [0.25, 0.3) is 0 Å². The van der Waals surface area contributed by atoms with E-state index in [0.717, 1.165) is 19.5 Å². The molecule has 5 heteroatoms. The Kier molecular flexibility index (Phi) is 4.37. The highest BCUT2D eigenvalue weighted by Crippen LogP contribution is 2.19. The molecule has 102 valence electrons. The van der Waals surface area contributed by atoms with Crippen LogP contribution in [0.4, 0.5) is 10.5 Å². The summed E-state index contributed by atoms with van der Waals surface area (Å²) in [6.07, 6.45) is 2.25. The number of carbonyl (C=O) groups excluding carboxylic acids is 1. The van der Waals surface area contributed by atoms with Gasteiger partial charge in [-0.05, 0) is 30.9 Å². The standard InChI is InChI=1S/C14H19N3OS/c1-10-5-4-8-17(9-10)14(18)16-12-7-3-2-6-11(12)13(15)19/h2-3,6-7,10H,4-5,8-9H2,1H3,(H2,15,19)(H,16,18). The summed E-state index contributed by atoms with van der Waals surface area (Å²) in [7, 11) is 0. The number of nitrogens with one attached hydrogen (secondary N) is 1. The van der Waals surface area contributed by atoms with E-state index in [1.165, 1.54) is 6.42 Å². The van der Waals surface area contributed by atoms with Gasteiger partial charge in [-0.2, -0.15) is 0 Å². The zero-order valence-electron chi connectivity index (χ0n) is 11.1. The number of likely N-dealkylation sites (tertiary alicyclic amines) is 1. The van der Waals surface area contributed by atoms with Crippen LogP contribution in [0.25, 0.3) is 0 Å². The SMILES string of the molecule is CC1CCCN(C(=O)Nc2ccccc2C(N)=S)C1. The summed E-state index contributed by atoms with van der Waals surface area (Å²) in [6, 6.07) is 7.27. The van der Waals surface area contributed by atoms with Crippen molar-refractivity contribution in [2.45, 2.75) is 19.8 Å². The number of benzene rings is 1. The summed E-state index contributed by atoms with van der Waals surface area (Å²) in [5.74, 6) is 0.560. The maximum atomic E-state index is 12.2. The minimum atomic E-state index is -0.0738. The van der Waals surface area contributed by atoms with Crippen molar-refractivity contribution in [3.8, 4) is 0 Å². The molecule has 1 fully saturated rings. The molecule has 19 heavy (non-hydrogen) atoms. The minimum absolute atomic E-state index is 0.0738. The molecule has 1 aromatic rings. The number of rotatable bonds is 2. The molecule has 0 spiro atoms. The fraction of sp³-hybridized carbons (Fsp3) is 0.429. The maximum Gasteiger partial charge on any atom is 0.321 e. The second-order valence-corrected chi connectivity index (χ2v) is 5.47. The molecule has 0 radical (unpaired) electrons. The minimum Gasteiger partial charge on any atom is -0.389 e. The van der Waals surface area contributed by atoms with Crippen molar-refractivity contribution < 1.29 is 4.79 Å². The van der Waals surface area contributed by atoms with E-state index in [1.54, 1.807) is 0 Å². The summed E-state index contributed by atoms with van der Waals surface area (Å²) in [4.78, 5) is 14.4. The number of hydrogen-bond donors (Lipinski definition) is 2. The van der Waals surface area contributed by atoms with Crippen LogP contribution in [0.15, 0.2) is 24.3 Å². The first-order chi connectivity index (χ1) is 9.08. The number of amides is 2. The molecule has 1 saturated heterocycles. The predicted molar refractivity (Wildman–Crippen MR) is 81.3 cm³/mol. The largest absolute Gasteiger partial charge is 0.389 e. The van der Waals surface area contributed by atoms with Gasteiger partial charge in [-0.3, -0.25) is 0 Å². The van der Waals surface area contributed by atoms with Crippen LogP contribution in [0.2, 0.25) is 0 Å². The van der Waals surface area contributed by atoms with Crippen LogP contribution in [-0.2, 0) is 0 Å². The Balaban J connectivity index is 2.08. The molecule has 2 amide bonds. The van der Waals surface area contributed by atoms with E-state index in [-0.39, 0.29) is 6.03 Å². The number of piperidine rings is 1. The van der Waals surface area contributed by atoms with E-state index in [2.05, 4.69) is 12.2 Å². The molecule has 4 nitrogen and oxygen atoms in total. The topological polar surface area (TPSA) is 58.4 Å². The zero-order chi connectivity index (χ0) is 13.8. The smallest absolute Gasteiger partial charge is 0.321 e. The monoisotopic (exact) mass is 277 g/mol. The average molecular weight is 277 g/mol. The summed E-state index contributed by atoms with van der Waals surface area (Å²) in [5, 5.41) is 2.90. The van der Waals surface area contributed by atoms with E-state index in [9.17, 15) is 4.79 Å². The van der Waals surface area contributed by atoms with Crippen molar-refractivity contribution in [2.75, 3.05) is 18.4 Å². The lowest BCUT2D eigenvalue weighted by Crippen LogP contribution is -2.41. The maximum absolute atomic E-state index is 12.2. The molecule has 1 aliphatic rings. The Hall–Kier alpha value is -1.62. The summed E-state index contributed by atoms with van der Waals surface area (Å²) >= 11 is 4.99. The van der Waals surface area contributed by atoms with Crippen LogP contribution in [0, 0.1) is 5.92 Å². The molecule has 0 bridgehead atoms. The lowest BCUT2D eigenvalue weighted by atomic mass is 10.0. The normalized spacial score (nSPS) is 19.0. The molecular weight excluding hydrogens is 258 g/mol. The lowest BCUT2D eigenvalue weighted by Gasteiger charge is -2.31. The predicted octanol–water partition coefficient (Wildman–Crippen LogP) is 2.58. The van der Waals surface area contributed by atoms with E-state index >= 15 is 0 Å². The van der Waals surface area contributed by atoms with E-state index in [0.29, 0.717) is 22.2 Å². The summed E-state index contributed by atoms with van der Waals surface area (Å²) < 4.78 is 0. The highest BCUT2D eigenvalue weighted by atomic mass is 32.1. The van der Waals surface area contributed by atoms with Gasteiger partial charge in [0.1, 0.15) is 4.99 Å². The molecular formula is C14H19N3OS. The van der Waals surface area contributed by atoms with Crippen LogP contribution in [0.3, 0.4) is 0 Å². The molecule has 0 aromatic heterocycles. The van der Waals surface area contributed by atoms with Crippen LogP contribution < -0.4 is 11.1 Å². The zero-order valence-corrected chi connectivity index (χ0v) is 11.9. The molecule has 1 unspecified atom stereocenters. The number of hydrogen-bond acceptors (Lipinski definition) is 2. The Morgan fingerprint density at radius 3 is 2.89 bits per heavy atom. The number of nitrogens with zero attached hydrogens (tertiary/aromatic N) is 1. The van der Waals surface area contributed by atoms with Gasteiger partial charge in [-0.25, -0.2) is 4.79 Å². The molecule has 2 rings (SSSR count). The Bertz CT molecular complexity index is 489. The van der Waals surface area contributed by atoms with Crippen molar-refractivity contribution in [3.63, 3.8) is 0 Å². The van der Waals surface area contributed by atoms with Crippen molar-refractivity contribution in [1.82, 2.24) is 4.90 Å². The second-order valence-electron chi connectivity index (χ2n) is 5.03. The number of anilines is 1. The number of carbonyl (C=O) groups is 1. The fourth-order valence-electron chi connectivity index (χ4n) is 2.38. The Labute approximate surface area is 119 Å². The van der Waals surface area contributed by atoms with Crippen molar-refractivity contribution in [2.24, 2.45) is 11.7 Å². The third kappa shape index (κ3) is 3.44. The highest BCUT2D eigenvalue weighted by molar-refractivity contribution is 7.80. The molecule has 3 N–H and O–H groups in total. The fourth-order valence-corrected chi connectivity index (χ4v) is 2.55. The second kappa shape index (κ2) is 6.02. The van der Waals surface area contributed by atoms with Gasteiger partial charge >= 0.3 is 6.03 Å². The Morgan fingerprint density at radius 2 is 2.21 bits per heavy atom. The molecule has 0 aliphatic carbocycles. The first-order valence-electron chi connectivity index (χ1n) is 6.52. The first-order valence-corrected chi connectivity index (χ1v) is 6.93. The van der Waals surface area contributed by atoms with E-state index < -0.39 is 0 Å². The van der Waals surface area contributed by atoms with Gasteiger partial charge in [0.15, 0.2) is 0 Å². The van der Waals surface area contributed by atoms with Crippen LogP contribution in [-0.4, -0.2) is 29.0 Å². The van der Waals surface area contributed by atoms with Gasteiger partial charge in [-0.15, -0.1) is 0 Å². The van der Waals surface area contributed by atoms with Crippen molar-refractivity contribution >= 4 is 28.9 Å². The molecule has 1 aliphatic heterocycles. The van der Waals surface area contributed by atoms with Crippen molar-refractivity contribution in [1.29, 1.82) is 0 Å². The number of urea groups is 1. The van der Waals surface area contributed by atoms with E-state index in [4.69, 9.17) is 18.0 Å². The number of para-hydroxylation sites is 1. The van der Waals surface area contributed by atoms with Crippen LogP contribution in [0.5, 0.6) is 0 Å². The van der Waals surface area contributed by atoms with Gasteiger partial charge in [0.05, 0.1) is 5.69 Å². The summed E-state index contributed by atoms with van der Waals surface area (Å²) in [5.41, 5.74) is 7.04. The van der Waals surface area contributed by atoms with Gasteiger partial charge in [-0.1, -0.05) is 31.3 Å². The number of thiocarbonyl (C=S) groups is 1. The molecule has 1 atom stereocenters. The van der Waals surface area contributed by atoms with Gasteiger partial charge < -0.3 is 16.0 Å². The average Bonchev–Trinajstić information content (AvgIpc) is 2.39. The molecule has 1 aromatic carbocycles. The van der Waals surface area contributed by atoms with Crippen LogP contribution >= 0.6 is 12.2 Å². The van der Waals surface area contributed by atoms with Gasteiger partial charge in [0, 0.05) is 18.7 Å². The van der Waals surface area contributed by atoms with E-state index in [1.807, 2.05) is 29.2 Å².